The highest BCUT2D eigenvalue weighted by molar-refractivity contribution is 6.42. The second kappa shape index (κ2) is 9.83. The highest BCUT2D eigenvalue weighted by Gasteiger charge is 2.14. The summed E-state index contributed by atoms with van der Waals surface area (Å²) in [5.41, 5.74) is 1.44. The van der Waals surface area contributed by atoms with Gasteiger partial charge in [0, 0.05) is 19.2 Å². The van der Waals surface area contributed by atoms with Crippen molar-refractivity contribution < 1.29 is 14.3 Å². The van der Waals surface area contributed by atoms with E-state index in [2.05, 4.69) is 5.32 Å². The second-order valence-corrected chi connectivity index (χ2v) is 7.12. The van der Waals surface area contributed by atoms with Crippen molar-refractivity contribution >= 4 is 52.3 Å². The minimum Gasteiger partial charge on any atom is -0.495 e. The first-order valence-corrected chi connectivity index (χ1v) is 9.25. The lowest BCUT2D eigenvalue weighted by atomic mass is 10.1. The molecular weight excluding hydrogens is 411 g/mol. The number of carbonyl (C=O) groups excluding carboxylic acids is 2. The summed E-state index contributed by atoms with van der Waals surface area (Å²) < 4.78 is 5.10. The molecule has 2 amide bonds. The third-order valence-electron chi connectivity index (χ3n) is 3.85. The van der Waals surface area contributed by atoms with Crippen LogP contribution >= 0.6 is 34.8 Å². The van der Waals surface area contributed by atoms with Crippen LogP contribution in [0.15, 0.2) is 36.4 Å². The van der Waals surface area contributed by atoms with Crippen molar-refractivity contribution in [3.05, 3.63) is 57.0 Å². The van der Waals surface area contributed by atoms with E-state index >= 15 is 0 Å². The van der Waals surface area contributed by atoms with Gasteiger partial charge in [-0.15, -0.1) is 0 Å². The van der Waals surface area contributed by atoms with E-state index in [4.69, 9.17) is 39.5 Å². The van der Waals surface area contributed by atoms with Crippen molar-refractivity contribution in [3.63, 3.8) is 0 Å². The molecule has 0 aliphatic carbocycles. The number of hydrogen-bond acceptors (Lipinski definition) is 3. The summed E-state index contributed by atoms with van der Waals surface area (Å²) in [6.45, 7) is -0.0670. The van der Waals surface area contributed by atoms with E-state index in [9.17, 15) is 9.59 Å². The molecule has 0 aliphatic heterocycles. The highest BCUT2D eigenvalue weighted by Crippen LogP contribution is 2.26. The van der Waals surface area contributed by atoms with Crippen LogP contribution in [-0.4, -0.2) is 37.4 Å². The monoisotopic (exact) mass is 428 g/mol. The van der Waals surface area contributed by atoms with Crippen LogP contribution in [0.4, 0.5) is 5.69 Å². The van der Waals surface area contributed by atoms with Gasteiger partial charge in [-0.05, 0) is 42.3 Å². The molecule has 2 aromatic rings. The van der Waals surface area contributed by atoms with Gasteiger partial charge in [-0.25, -0.2) is 0 Å². The molecule has 2 aromatic carbocycles. The summed E-state index contributed by atoms with van der Waals surface area (Å²) in [6, 6.07) is 10.2. The maximum atomic E-state index is 12.3. The lowest BCUT2D eigenvalue weighted by molar-refractivity contribution is -0.133. The van der Waals surface area contributed by atoms with Gasteiger partial charge in [-0.1, -0.05) is 40.9 Å². The minimum atomic E-state index is -0.322. The number of methoxy groups -OCH3 is 1. The molecule has 0 aromatic heterocycles. The molecule has 0 saturated carbocycles. The largest absolute Gasteiger partial charge is 0.495 e. The summed E-state index contributed by atoms with van der Waals surface area (Å²) in [4.78, 5) is 25.7. The fourth-order valence-corrected chi connectivity index (χ4v) is 2.96. The van der Waals surface area contributed by atoms with Crippen LogP contribution in [0.1, 0.15) is 12.0 Å². The Morgan fingerprint density at radius 2 is 1.78 bits per heavy atom. The SMILES string of the molecule is COc1ccc(CCC(=O)N(C)CC(=O)Nc2ccc(Cl)c(Cl)c2)cc1Cl. The summed E-state index contributed by atoms with van der Waals surface area (Å²) >= 11 is 17.8. The molecule has 0 unspecified atom stereocenters. The molecule has 0 bridgehead atoms. The number of rotatable bonds is 7. The normalized spacial score (nSPS) is 10.4. The average Bonchev–Trinajstić information content (AvgIpc) is 2.62. The lowest BCUT2D eigenvalue weighted by Gasteiger charge is -2.17. The maximum Gasteiger partial charge on any atom is 0.243 e. The first kappa shape index (κ1) is 21.4. The van der Waals surface area contributed by atoms with Crippen molar-refractivity contribution in [1.29, 1.82) is 0 Å². The van der Waals surface area contributed by atoms with E-state index in [1.165, 1.54) is 4.90 Å². The van der Waals surface area contributed by atoms with E-state index in [0.717, 1.165) is 5.56 Å². The zero-order valence-electron chi connectivity index (χ0n) is 14.9. The zero-order chi connectivity index (χ0) is 20.0. The number of aryl methyl sites for hydroxylation is 1. The molecule has 8 heteroatoms. The highest BCUT2D eigenvalue weighted by atomic mass is 35.5. The predicted molar refractivity (Wildman–Crippen MR) is 109 cm³/mol. The zero-order valence-corrected chi connectivity index (χ0v) is 17.2. The number of anilines is 1. The number of hydrogen-bond donors (Lipinski definition) is 1. The first-order chi connectivity index (χ1) is 12.8. The van der Waals surface area contributed by atoms with E-state index in [0.29, 0.717) is 32.9 Å². The molecule has 0 aliphatic rings. The second-order valence-electron chi connectivity index (χ2n) is 5.90. The number of nitrogens with zero attached hydrogens (tertiary/aromatic N) is 1. The summed E-state index contributed by atoms with van der Waals surface area (Å²) in [7, 11) is 3.13. The van der Waals surface area contributed by atoms with E-state index in [-0.39, 0.29) is 24.8 Å². The molecule has 2 rings (SSSR count). The molecule has 0 spiro atoms. The number of amides is 2. The minimum absolute atomic E-state index is 0.0670. The molecule has 0 fully saturated rings. The lowest BCUT2D eigenvalue weighted by Crippen LogP contribution is -2.35. The van der Waals surface area contributed by atoms with Crippen LogP contribution in [0.2, 0.25) is 15.1 Å². The number of carbonyl (C=O) groups is 2. The van der Waals surface area contributed by atoms with Gasteiger partial charge in [0.1, 0.15) is 5.75 Å². The Bertz CT molecular complexity index is 843. The summed E-state index contributed by atoms with van der Waals surface area (Å²) in [5, 5.41) is 3.93. The molecule has 0 saturated heterocycles. The van der Waals surface area contributed by atoms with E-state index < -0.39 is 0 Å². The smallest absolute Gasteiger partial charge is 0.243 e. The van der Waals surface area contributed by atoms with Crippen molar-refractivity contribution in [1.82, 2.24) is 4.90 Å². The Morgan fingerprint density at radius 3 is 2.41 bits per heavy atom. The van der Waals surface area contributed by atoms with Gasteiger partial charge in [0.25, 0.3) is 0 Å². The third kappa shape index (κ3) is 6.31. The Labute approximate surface area is 173 Å². The van der Waals surface area contributed by atoms with E-state index in [1.54, 1.807) is 44.5 Å². The molecule has 0 radical (unpaired) electrons. The van der Waals surface area contributed by atoms with Gasteiger partial charge in [0.15, 0.2) is 0 Å². The Balaban J connectivity index is 1.84. The molecule has 0 heterocycles. The predicted octanol–water partition coefficient (Wildman–Crippen LogP) is 4.69. The molecular formula is C19H19Cl3N2O3. The van der Waals surface area contributed by atoms with Crippen LogP contribution in [0, 0.1) is 0 Å². The molecule has 0 atom stereocenters. The quantitative estimate of drug-likeness (QED) is 0.695. The third-order valence-corrected chi connectivity index (χ3v) is 4.89. The summed E-state index contributed by atoms with van der Waals surface area (Å²) in [6.07, 6.45) is 0.778. The Kier molecular flexibility index (Phi) is 7.78. The van der Waals surface area contributed by atoms with Gasteiger partial charge in [-0.3, -0.25) is 9.59 Å². The fraction of sp³-hybridized carbons (Fsp3) is 0.263. The Hall–Kier alpha value is -1.95. The molecule has 144 valence electrons. The fourth-order valence-electron chi connectivity index (χ4n) is 2.39. The van der Waals surface area contributed by atoms with Crippen LogP contribution in [0.3, 0.4) is 0 Å². The van der Waals surface area contributed by atoms with Gasteiger partial charge >= 0.3 is 0 Å². The van der Waals surface area contributed by atoms with Gasteiger partial charge in [-0.2, -0.15) is 0 Å². The van der Waals surface area contributed by atoms with Gasteiger partial charge in [0.05, 0.1) is 28.7 Å². The van der Waals surface area contributed by atoms with Crippen LogP contribution in [0.25, 0.3) is 0 Å². The average molecular weight is 430 g/mol. The van der Waals surface area contributed by atoms with Crippen LogP contribution in [0.5, 0.6) is 5.75 Å². The summed E-state index contributed by atoms with van der Waals surface area (Å²) in [5.74, 6) is 0.116. The number of likely N-dealkylation sites (N-methyl/N-ethyl adjacent to an activating group) is 1. The van der Waals surface area contributed by atoms with Crippen LogP contribution in [-0.2, 0) is 16.0 Å². The first-order valence-electron chi connectivity index (χ1n) is 8.11. The van der Waals surface area contributed by atoms with Crippen molar-refractivity contribution in [2.45, 2.75) is 12.8 Å². The number of nitrogens with one attached hydrogen (secondary N) is 1. The number of ether oxygens (including phenoxy) is 1. The van der Waals surface area contributed by atoms with Gasteiger partial charge < -0.3 is 15.0 Å². The van der Waals surface area contributed by atoms with Crippen molar-refractivity contribution in [3.8, 4) is 5.75 Å². The number of halogens is 3. The standard InChI is InChI=1S/C19H19Cl3N2O3/c1-24(11-18(25)23-13-5-6-14(20)15(21)10-13)19(26)8-4-12-3-7-17(27-2)16(22)9-12/h3,5-7,9-10H,4,8,11H2,1-2H3,(H,23,25). The van der Waals surface area contributed by atoms with Crippen LogP contribution < -0.4 is 10.1 Å². The van der Waals surface area contributed by atoms with Crippen molar-refractivity contribution in [2.24, 2.45) is 0 Å². The van der Waals surface area contributed by atoms with Crippen molar-refractivity contribution in [2.75, 3.05) is 26.0 Å². The maximum absolute atomic E-state index is 12.3. The van der Waals surface area contributed by atoms with Gasteiger partial charge in [0.2, 0.25) is 11.8 Å². The molecule has 1 N–H and O–H groups in total. The Morgan fingerprint density at radius 1 is 1.04 bits per heavy atom. The topological polar surface area (TPSA) is 58.6 Å². The molecule has 27 heavy (non-hydrogen) atoms. The van der Waals surface area contributed by atoms with E-state index in [1.807, 2.05) is 6.07 Å². The molecule has 5 nitrogen and oxygen atoms in total. The number of benzene rings is 2.